The van der Waals surface area contributed by atoms with Crippen LogP contribution in [0.1, 0.15) is 35.3 Å². The second-order valence-corrected chi connectivity index (χ2v) is 8.08. The molecule has 7 heteroatoms. The summed E-state index contributed by atoms with van der Waals surface area (Å²) in [6.07, 6.45) is 2.22. The third kappa shape index (κ3) is 3.12. The van der Waals surface area contributed by atoms with E-state index in [4.69, 9.17) is 4.98 Å². The Bertz CT molecular complexity index is 927. The number of hydrogen-bond acceptors (Lipinski definition) is 4. The fourth-order valence-corrected chi connectivity index (χ4v) is 4.97. The second-order valence-electron chi connectivity index (χ2n) is 7.02. The maximum absolute atomic E-state index is 12.6. The smallest absolute Gasteiger partial charge is 0.279 e. The highest BCUT2D eigenvalue weighted by Gasteiger charge is 2.34. The van der Waals surface area contributed by atoms with Gasteiger partial charge in [0, 0.05) is 19.9 Å². The number of anilines is 1. The molecular formula is C19H24N5OS+. The van der Waals surface area contributed by atoms with Crippen molar-refractivity contribution < 1.29 is 9.69 Å². The molecule has 3 aromatic rings. The van der Waals surface area contributed by atoms with Crippen LogP contribution in [-0.2, 0) is 11.8 Å². The molecule has 26 heavy (non-hydrogen) atoms. The zero-order chi connectivity index (χ0) is 18.3. The first-order valence-electron chi connectivity index (χ1n) is 9.03. The summed E-state index contributed by atoms with van der Waals surface area (Å²) in [6, 6.07) is 8.57. The number of carbonyl (C=O) groups excluding carboxylic acids is 1. The summed E-state index contributed by atoms with van der Waals surface area (Å²) in [6.45, 7) is 5.38. The van der Waals surface area contributed by atoms with Gasteiger partial charge in [0.15, 0.2) is 11.6 Å². The summed E-state index contributed by atoms with van der Waals surface area (Å²) in [5.74, 6) is 0.0483. The van der Waals surface area contributed by atoms with Crippen LogP contribution in [0.25, 0.3) is 10.2 Å². The lowest BCUT2D eigenvalue weighted by molar-refractivity contribution is -0.910. The molecule has 0 aliphatic carbocycles. The molecule has 4 rings (SSSR count). The minimum Gasteiger partial charge on any atom is -0.319 e. The topological polar surface area (TPSA) is 64.2 Å². The Morgan fingerprint density at radius 3 is 2.92 bits per heavy atom. The van der Waals surface area contributed by atoms with Gasteiger partial charge in [0.2, 0.25) is 0 Å². The molecule has 0 spiro atoms. The van der Waals surface area contributed by atoms with Crippen LogP contribution in [0.5, 0.6) is 0 Å². The predicted molar refractivity (Wildman–Crippen MR) is 104 cm³/mol. The number of nitrogens with one attached hydrogen (secondary N) is 2. The van der Waals surface area contributed by atoms with Gasteiger partial charge in [-0.1, -0.05) is 12.1 Å². The molecule has 0 bridgehead atoms. The van der Waals surface area contributed by atoms with E-state index in [1.165, 1.54) is 9.60 Å². The number of rotatable bonds is 4. The minimum absolute atomic E-state index is 0.0483. The Balaban J connectivity index is 1.49. The highest BCUT2D eigenvalue weighted by molar-refractivity contribution is 7.18. The highest BCUT2D eigenvalue weighted by Crippen LogP contribution is 2.28. The third-order valence-electron chi connectivity index (χ3n) is 5.25. The first-order chi connectivity index (χ1) is 12.5. The normalized spacial score (nSPS) is 20.0. The van der Waals surface area contributed by atoms with Crippen LogP contribution in [0.2, 0.25) is 0 Å². The Kier molecular flexibility index (Phi) is 4.50. The third-order valence-corrected chi connectivity index (χ3v) is 6.40. The number of nitrogens with zero attached hydrogens (tertiary/aromatic N) is 3. The largest absolute Gasteiger partial charge is 0.319 e. The number of carbonyl (C=O) groups is 1. The van der Waals surface area contributed by atoms with Crippen molar-refractivity contribution in [2.75, 3.05) is 18.4 Å². The van der Waals surface area contributed by atoms with E-state index < -0.39 is 0 Å². The molecule has 0 saturated carbocycles. The van der Waals surface area contributed by atoms with Crippen molar-refractivity contribution in [3.63, 3.8) is 0 Å². The Morgan fingerprint density at radius 2 is 2.19 bits per heavy atom. The molecule has 2 N–H and O–H groups in total. The van der Waals surface area contributed by atoms with E-state index in [9.17, 15) is 4.79 Å². The van der Waals surface area contributed by atoms with E-state index in [2.05, 4.69) is 28.6 Å². The van der Waals surface area contributed by atoms with Crippen molar-refractivity contribution >= 4 is 33.1 Å². The SMILES string of the molecule is Cc1nn(C)c(C)c1NC(=O)C[NH+]1CCC[C@H]1c1nc2ccccc2s1. The summed E-state index contributed by atoms with van der Waals surface area (Å²) in [7, 11) is 1.90. The first-order valence-corrected chi connectivity index (χ1v) is 9.84. The van der Waals surface area contributed by atoms with Crippen molar-refractivity contribution in [2.45, 2.75) is 32.7 Å². The van der Waals surface area contributed by atoms with Crippen molar-refractivity contribution in [2.24, 2.45) is 7.05 Å². The number of hydrogen-bond donors (Lipinski definition) is 2. The quantitative estimate of drug-likeness (QED) is 0.738. The molecule has 1 saturated heterocycles. The van der Waals surface area contributed by atoms with Crippen molar-refractivity contribution in [1.29, 1.82) is 0 Å². The van der Waals surface area contributed by atoms with Crippen LogP contribution in [-0.4, -0.2) is 33.8 Å². The Morgan fingerprint density at radius 1 is 1.38 bits per heavy atom. The molecule has 2 atom stereocenters. The van der Waals surface area contributed by atoms with Crippen LogP contribution < -0.4 is 10.2 Å². The van der Waals surface area contributed by atoms with Crippen molar-refractivity contribution in [3.8, 4) is 0 Å². The monoisotopic (exact) mass is 370 g/mol. The number of aromatic nitrogens is 3. The van der Waals surface area contributed by atoms with Gasteiger partial charge in [-0.05, 0) is 26.0 Å². The number of fused-ring (bicyclic) bond motifs is 1. The van der Waals surface area contributed by atoms with Gasteiger partial charge in [-0.2, -0.15) is 5.10 Å². The van der Waals surface area contributed by atoms with Crippen LogP contribution in [0.4, 0.5) is 5.69 Å². The van der Waals surface area contributed by atoms with E-state index in [-0.39, 0.29) is 5.91 Å². The fraction of sp³-hybridized carbons (Fsp3) is 0.421. The van der Waals surface area contributed by atoms with Crippen LogP contribution in [0, 0.1) is 13.8 Å². The summed E-state index contributed by atoms with van der Waals surface area (Å²) in [5, 5.41) is 8.59. The van der Waals surface area contributed by atoms with Gasteiger partial charge in [-0.25, -0.2) is 4.98 Å². The number of amides is 1. The van der Waals surface area contributed by atoms with Gasteiger partial charge in [0.05, 0.1) is 33.8 Å². The summed E-state index contributed by atoms with van der Waals surface area (Å²) < 4.78 is 3.03. The predicted octanol–water partition coefficient (Wildman–Crippen LogP) is 2.01. The molecule has 1 aromatic carbocycles. The average Bonchev–Trinajstić information content (AvgIpc) is 3.29. The molecule has 3 heterocycles. The molecule has 1 aliphatic heterocycles. The van der Waals surface area contributed by atoms with Crippen LogP contribution >= 0.6 is 11.3 Å². The fourth-order valence-electron chi connectivity index (χ4n) is 3.80. The standard InChI is InChI=1S/C19H23N5OS/c1-12-18(13(2)23(3)22-12)21-17(25)11-24-10-6-8-15(24)19-20-14-7-4-5-9-16(14)26-19/h4-5,7,9,15H,6,8,10-11H2,1-3H3,(H,21,25)/p+1/t15-/m0/s1. The number of likely N-dealkylation sites (tertiary alicyclic amines) is 1. The molecular weight excluding hydrogens is 346 g/mol. The maximum atomic E-state index is 12.6. The summed E-state index contributed by atoms with van der Waals surface area (Å²) in [5.41, 5.74) is 3.74. The lowest BCUT2D eigenvalue weighted by atomic mass is 10.2. The van der Waals surface area contributed by atoms with Crippen LogP contribution in [0.3, 0.4) is 0 Å². The number of thiazole rings is 1. The molecule has 1 unspecified atom stereocenters. The van der Waals surface area contributed by atoms with E-state index in [1.54, 1.807) is 16.0 Å². The zero-order valence-electron chi connectivity index (χ0n) is 15.4. The molecule has 0 radical (unpaired) electrons. The van der Waals surface area contributed by atoms with Crippen LogP contribution in [0.15, 0.2) is 24.3 Å². The molecule has 1 aliphatic rings. The molecule has 1 fully saturated rings. The van der Waals surface area contributed by atoms with E-state index >= 15 is 0 Å². The van der Waals surface area contributed by atoms with Crippen molar-refractivity contribution in [1.82, 2.24) is 14.8 Å². The number of quaternary nitrogens is 1. The highest BCUT2D eigenvalue weighted by atomic mass is 32.1. The number of benzene rings is 1. The first kappa shape index (κ1) is 17.2. The van der Waals surface area contributed by atoms with E-state index in [1.807, 2.05) is 27.0 Å². The Hall–Kier alpha value is -2.25. The lowest BCUT2D eigenvalue weighted by Gasteiger charge is -2.19. The van der Waals surface area contributed by atoms with E-state index in [0.717, 1.165) is 47.0 Å². The number of para-hydroxylation sites is 1. The molecule has 6 nitrogen and oxygen atoms in total. The van der Waals surface area contributed by atoms with Gasteiger partial charge in [0.1, 0.15) is 6.04 Å². The molecule has 2 aromatic heterocycles. The Labute approximate surface area is 156 Å². The van der Waals surface area contributed by atoms with Gasteiger partial charge in [-0.15, -0.1) is 11.3 Å². The molecule has 1 amide bonds. The van der Waals surface area contributed by atoms with E-state index in [0.29, 0.717) is 12.6 Å². The molecule has 136 valence electrons. The van der Waals surface area contributed by atoms with Gasteiger partial charge >= 0.3 is 0 Å². The van der Waals surface area contributed by atoms with Gasteiger partial charge in [-0.3, -0.25) is 9.48 Å². The van der Waals surface area contributed by atoms with Gasteiger partial charge < -0.3 is 10.2 Å². The summed E-state index contributed by atoms with van der Waals surface area (Å²) >= 11 is 1.76. The van der Waals surface area contributed by atoms with Crippen molar-refractivity contribution in [3.05, 3.63) is 40.7 Å². The average molecular weight is 371 g/mol. The second kappa shape index (κ2) is 6.81. The minimum atomic E-state index is 0.0483. The van der Waals surface area contributed by atoms with Gasteiger partial charge in [0.25, 0.3) is 5.91 Å². The lowest BCUT2D eigenvalue weighted by Crippen LogP contribution is -3.11. The number of aryl methyl sites for hydroxylation is 2. The summed E-state index contributed by atoms with van der Waals surface area (Å²) in [4.78, 5) is 18.8. The zero-order valence-corrected chi connectivity index (χ0v) is 16.2. The maximum Gasteiger partial charge on any atom is 0.279 e.